The van der Waals surface area contributed by atoms with Crippen LogP contribution in [-0.2, 0) is 0 Å². The molecular formula is C14H18ClFN2O. The highest BCUT2D eigenvalue weighted by molar-refractivity contribution is 6.31. The minimum absolute atomic E-state index is 0.0185. The largest absolute Gasteiger partial charge is 0.340 e. The zero-order chi connectivity index (χ0) is 13.8. The van der Waals surface area contributed by atoms with Crippen LogP contribution in [0.5, 0.6) is 0 Å². The fraction of sp³-hybridized carbons (Fsp3) is 0.500. The zero-order valence-electron chi connectivity index (χ0n) is 11.0. The van der Waals surface area contributed by atoms with E-state index in [4.69, 9.17) is 11.6 Å². The van der Waals surface area contributed by atoms with Gasteiger partial charge in [0.25, 0.3) is 5.91 Å². The zero-order valence-corrected chi connectivity index (χ0v) is 11.7. The number of hydrogen-bond donors (Lipinski definition) is 1. The molecule has 1 aromatic carbocycles. The SMILES string of the molecule is CN(CC1CCCCN1)C(=O)c1ccc(F)c(Cl)c1. The molecule has 1 aromatic rings. The summed E-state index contributed by atoms with van der Waals surface area (Å²) in [6.07, 6.45) is 3.48. The Hall–Kier alpha value is -1.13. The van der Waals surface area contributed by atoms with Crippen LogP contribution >= 0.6 is 11.6 Å². The van der Waals surface area contributed by atoms with Crippen LogP contribution in [0.25, 0.3) is 0 Å². The molecule has 104 valence electrons. The molecule has 0 aromatic heterocycles. The number of nitrogens with one attached hydrogen (secondary N) is 1. The molecule has 0 saturated carbocycles. The third kappa shape index (κ3) is 3.67. The summed E-state index contributed by atoms with van der Waals surface area (Å²) < 4.78 is 13.1. The number of carbonyl (C=O) groups is 1. The lowest BCUT2D eigenvalue weighted by Crippen LogP contribution is -2.44. The first-order valence-electron chi connectivity index (χ1n) is 6.52. The van der Waals surface area contributed by atoms with E-state index in [1.54, 1.807) is 11.9 Å². The predicted molar refractivity (Wildman–Crippen MR) is 74.0 cm³/mol. The highest BCUT2D eigenvalue weighted by Crippen LogP contribution is 2.17. The molecule has 19 heavy (non-hydrogen) atoms. The van der Waals surface area contributed by atoms with E-state index in [0.717, 1.165) is 13.0 Å². The third-order valence-corrected chi connectivity index (χ3v) is 3.71. The molecule has 1 aliphatic rings. The molecular weight excluding hydrogens is 267 g/mol. The number of nitrogens with zero attached hydrogens (tertiary/aromatic N) is 1. The van der Waals surface area contributed by atoms with Crippen LogP contribution in [0.2, 0.25) is 5.02 Å². The quantitative estimate of drug-likeness (QED) is 0.926. The summed E-state index contributed by atoms with van der Waals surface area (Å²) in [5, 5.41) is 3.38. The van der Waals surface area contributed by atoms with Crippen LogP contribution in [0.1, 0.15) is 29.6 Å². The van der Waals surface area contributed by atoms with Crippen molar-refractivity contribution in [3.63, 3.8) is 0 Å². The molecule has 1 fully saturated rings. The van der Waals surface area contributed by atoms with Crippen molar-refractivity contribution in [2.75, 3.05) is 20.1 Å². The Kier molecular flexibility index (Phi) is 4.77. The lowest BCUT2D eigenvalue weighted by molar-refractivity contribution is 0.0775. The molecule has 5 heteroatoms. The topological polar surface area (TPSA) is 32.3 Å². The normalized spacial score (nSPS) is 19.2. The van der Waals surface area contributed by atoms with Gasteiger partial charge in [0.15, 0.2) is 0 Å². The van der Waals surface area contributed by atoms with Crippen molar-refractivity contribution in [2.24, 2.45) is 0 Å². The minimum Gasteiger partial charge on any atom is -0.340 e. The maximum Gasteiger partial charge on any atom is 0.253 e. The van der Waals surface area contributed by atoms with Crippen LogP contribution in [-0.4, -0.2) is 37.0 Å². The number of amides is 1. The molecule has 1 atom stereocenters. The molecule has 1 N–H and O–H groups in total. The molecule has 0 aliphatic carbocycles. The Bertz CT molecular complexity index is 461. The smallest absolute Gasteiger partial charge is 0.253 e. The number of carbonyl (C=O) groups excluding carboxylic acids is 1. The lowest BCUT2D eigenvalue weighted by atomic mass is 10.0. The maximum absolute atomic E-state index is 13.1. The summed E-state index contributed by atoms with van der Waals surface area (Å²) in [5.41, 5.74) is 0.421. The summed E-state index contributed by atoms with van der Waals surface area (Å²) in [4.78, 5) is 13.9. The first kappa shape index (κ1) is 14.3. The third-order valence-electron chi connectivity index (χ3n) is 3.42. The number of benzene rings is 1. The highest BCUT2D eigenvalue weighted by atomic mass is 35.5. The second kappa shape index (κ2) is 6.35. The van der Waals surface area contributed by atoms with Gasteiger partial charge in [0.1, 0.15) is 5.82 Å². The van der Waals surface area contributed by atoms with E-state index in [0.29, 0.717) is 18.2 Å². The lowest BCUT2D eigenvalue weighted by Gasteiger charge is -2.28. The van der Waals surface area contributed by atoms with Gasteiger partial charge in [-0.05, 0) is 37.6 Å². The number of rotatable bonds is 3. The molecule has 3 nitrogen and oxygen atoms in total. The van der Waals surface area contributed by atoms with Crippen LogP contribution in [0.3, 0.4) is 0 Å². The van der Waals surface area contributed by atoms with Crippen LogP contribution in [0.4, 0.5) is 4.39 Å². The fourth-order valence-corrected chi connectivity index (χ4v) is 2.52. The van der Waals surface area contributed by atoms with Gasteiger partial charge in [0.2, 0.25) is 0 Å². The Morgan fingerprint density at radius 1 is 1.53 bits per heavy atom. The van der Waals surface area contributed by atoms with Gasteiger partial charge in [0.05, 0.1) is 5.02 Å². The van der Waals surface area contributed by atoms with Crippen molar-refractivity contribution in [1.29, 1.82) is 0 Å². The molecule has 1 saturated heterocycles. The van der Waals surface area contributed by atoms with Crippen molar-refractivity contribution in [2.45, 2.75) is 25.3 Å². The van der Waals surface area contributed by atoms with Crippen molar-refractivity contribution in [1.82, 2.24) is 10.2 Å². The van der Waals surface area contributed by atoms with Crippen LogP contribution in [0, 0.1) is 5.82 Å². The number of likely N-dealkylation sites (N-methyl/N-ethyl adjacent to an activating group) is 1. The van der Waals surface area contributed by atoms with Gasteiger partial charge in [-0.3, -0.25) is 4.79 Å². The van der Waals surface area contributed by atoms with Gasteiger partial charge in [-0.25, -0.2) is 4.39 Å². The number of halogens is 2. The fourth-order valence-electron chi connectivity index (χ4n) is 2.34. The van der Waals surface area contributed by atoms with Crippen molar-refractivity contribution in [3.05, 3.63) is 34.6 Å². The van der Waals surface area contributed by atoms with Gasteiger partial charge < -0.3 is 10.2 Å². The van der Waals surface area contributed by atoms with E-state index < -0.39 is 5.82 Å². The first-order valence-corrected chi connectivity index (χ1v) is 6.89. The van der Waals surface area contributed by atoms with Crippen molar-refractivity contribution < 1.29 is 9.18 Å². The summed E-state index contributed by atoms with van der Waals surface area (Å²) in [7, 11) is 1.76. The Morgan fingerprint density at radius 3 is 2.95 bits per heavy atom. The summed E-state index contributed by atoms with van der Waals surface area (Å²) in [6.45, 7) is 1.67. The number of hydrogen-bond acceptors (Lipinski definition) is 2. The molecule has 0 spiro atoms. The Morgan fingerprint density at radius 2 is 2.32 bits per heavy atom. The molecule has 1 heterocycles. The second-order valence-corrected chi connectivity index (χ2v) is 5.37. The van der Waals surface area contributed by atoms with E-state index in [9.17, 15) is 9.18 Å². The first-order chi connectivity index (χ1) is 9.08. The second-order valence-electron chi connectivity index (χ2n) is 4.96. The standard InChI is InChI=1S/C14H18ClFN2O/c1-18(9-11-4-2-3-7-17-11)14(19)10-5-6-13(16)12(15)8-10/h5-6,8,11,17H,2-4,7,9H2,1H3. The average molecular weight is 285 g/mol. The highest BCUT2D eigenvalue weighted by Gasteiger charge is 2.19. The van der Waals surface area contributed by atoms with Crippen molar-refractivity contribution >= 4 is 17.5 Å². The number of piperidine rings is 1. The van der Waals surface area contributed by atoms with Crippen LogP contribution in [0.15, 0.2) is 18.2 Å². The maximum atomic E-state index is 13.1. The van der Waals surface area contributed by atoms with Gasteiger partial charge in [-0.1, -0.05) is 18.0 Å². The Labute approximate surface area is 117 Å². The van der Waals surface area contributed by atoms with Crippen LogP contribution < -0.4 is 5.32 Å². The molecule has 1 aliphatic heterocycles. The van der Waals surface area contributed by atoms with Gasteiger partial charge in [0, 0.05) is 25.2 Å². The van der Waals surface area contributed by atoms with E-state index >= 15 is 0 Å². The summed E-state index contributed by atoms with van der Waals surface area (Å²) >= 11 is 5.70. The van der Waals surface area contributed by atoms with Gasteiger partial charge >= 0.3 is 0 Å². The van der Waals surface area contributed by atoms with E-state index in [2.05, 4.69) is 5.32 Å². The van der Waals surface area contributed by atoms with E-state index in [1.165, 1.54) is 31.0 Å². The average Bonchev–Trinajstić information content (AvgIpc) is 2.42. The van der Waals surface area contributed by atoms with Gasteiger partial charge in [-0.2, -0.15) is 0 Å². The molecule has 1 unspecified atom stereocenters. The summed E-state index contributed by atoms with van der Waals surface area (Å²) in [5.74, 6) is -0.635. The van der Waals surface area contributed by atoms with E-state index in [-0.39, 0.29) is 10.9 Å². The Balaban J connectivity index is 1.99. The predicted octanol–water partition coefficient (Wildman–Crippen LogP) is 2.69. The molecule has 2 rings (SSSR count). The molecule has 0 bridgehead atoms. The van der Waals surface area contributed by atoms with E-state index in [1.807, 2.05) is 0 Å². The molecule has 1 amide bonds. The minimum atomic E-state index is -0.505. The summed E-state index contributed by atoms with van der Waals surface area (Å²) in [6, 6.07) is 4.42. The monoisotopic (exact) mass is 284 g/mol. The van der Waals surface area contributed by atoms with Gasteiger partial charge in [-0.15, -0.1) is 0 Å². The molecule has 0 radical (unpaired) electrons. The van der Waals surface area contributed by atoms with Crippen molar-refractivity contribution in [3.8, 4) is 0 Å².